The number of nitrogen functional groups attached to an aromatic ring is 1. The second kappa shape index (κ2) is 5.59. The molecular weight excluding hydrogens is 248 g/mol. The van der Waals surface area contributed by atoms with Crippen LogP contribution in [-0.4, -0.2) is 21.9 Å². The summed E-state index contributed by atoms with van der Waals surface area (Å²) in [7, 11) is 0. The molecule has 4 N–H and O–H groups in total. The van der Waals surface area contributed by atoms with E-state index in [4.69, 9.17) is 5.73 Å². The molecule has 0 atom stereocenters. The summed E-state index contributed by atoms with van der Waals surface area (Å²) in [6.45, 7) is 2.07. The number of benzene rings is 1. The predicted molar refractivity (Wildman–Crippen MR) is 73.8 cm³/mol. The Morgan fingerprint density at radius 1 is 1.50 bits per heavy atom. The molecule has 0 aliphatic heterocycles. The number of nitrogens with zero attached hydrogens (tertiary/aromatic N) is 1. The van der Waals surface area contributed by atoms with Crippen molar-refractivity contribution in [2.24, 2.45) is 0 Å². The lowest BCUT2D eigenvalue weighted by Gasteiger charge is -2.09. The Kier molecular flexibility index (Phi) is 3.88. The number of amides is 1. The smallest absolute Gasteiger partial charge is 0.275 e. The summed E-state index contributed by atoms with van der Waals surface area (Å²) < 4.78 is 0. The van der Waals surface area contributed by atoms with E-state index in [0.717, 1.165) is 16.3 Å². The number of hydrogen-bond acceptors (Lipinski definition) is 4. The molecule has 0 bridgehead atoms. The van der Waals surface area contributed by atoms with Gasteiger partial charge in [-0.1, -0.05) is 19.1 Å². The monoisotopic (exact) mass is 262 g/mol. The number of thioether (sulfide) groups is 1. The van der Waals surface area contributed by atoms with E-state index in [1.165, 1.54) is 6.20 Å². The molecular formula is C12H14N4OS. The highest BCUT2D eigenvalue weighted by Crippen LogP contribution is 2.27. The van der Waals surface area contributed by atoms with Crippen LogP contribution in [0.15, 0.2) is 35.4 Å². The molecule has 6 heteroatoms. The Balaban J connectivity index is 2.19. The van der Waals surface area contributed by atoms with E-state index < -0.39 is 0 Å². The summed E-state index contributed by atoms with van der Waals surface area (Å²) in [5, 5.41) is 9.14. The highest BCUT2D eigenvalue weighted by atomic mass is 32.2. The highest BCUT2D eigenvalue weighted by molar-refractivity contribution is 7.99. The number of hydrogen-bond donors (Lipinski definition) is 3. The fraction of sp³-hybridized carbons (Fsp3) is 0.167. The van der Waals surface area contributed by atoms with Crippen molar-refractivity contribution in [3.8, 4) is 0 Å². The Bertz CT molecular complexity index is 553. The standard InChI is InChI=1S/C12H14N4OS/c1-2-18-10-6-4-3-5-9(10)15-12(17)11-8(13)7-14-16-11/h3-7H,2,13H2,1H3,(H,14,16)(H,15,17). The van der Waals surface area contributed by atoms with Gasteiger partial charge in [-0.15, -0.1) is 11.8 Å². The van der Waals surface area contributed by atoms with Crippen molar-refractivity contribution in [1.29, 1.82) is 0 Å². The molecule has 0 spiro atoms. The van der Waals surface area contributed by atoms with E-state index in [2.05, 4.69) is 22.4 Å². The van der Waals surface area contributed by atoms with Crippen LogP contribution >= 0.6 is 11.8 Å². The molecule has 0 saturated heterocycles. The van der Waals surface area contributed by atoms with Crippen LogP contribution < -0.4 is 11.1 Å². The van der Waals surface area contributed by atoms with Crippen molar-refractivity contribution in [3.05, 3.63) is 36.2 Å². The van der Waals surface area contributed by atoms with Crippen LogP contribution in [0.5, 0.6) is 0 Å². The van der Waals surface area contributed by atoms with Crippen LogP contribution in [0.2, 0.25) is 0 Å². The highest BCUT2D eigenvalue weighted by Gasteiger charge is 2.13. The van der Waals surface area contributed by atoms with E-state index in [9.17, 15) is 4.79 Å². The number of para-hydroxylation sites is 1. The number of anilines is 2. The lowest BCUT2D eigenvalue weighted by atomic mass is 10.3. The fourth-order valence-electron chi connectivity index (χ4n) is 1.51. The molecule has 2 rings (SSSR count). The number of nitrogens with two attached hydrogens (primary N) is 1. The molecule has 2 aromatic rings. The zero-order chi connectivity index (χ0) is 13.0. The van der Waals surface area contributed by atoms with Gasteiger partial charge in [0.05, 0.1) is 17.6 Å². The number of carbonyl (C=O) groups is 1. The number of nitrogens with one attached hydrogen (secondary N) is 2. The van der Waals surface area contributed by atoms with E-state index in [0.29, 0.717) is 5.69 Å². The van der Waals surface area contributed by atoms with E-state index >= 15 is 0 Å². The normalized spacial score (nSPS) is 10.3. The third-order valence-electron chi connectivity index (χ3n) is 2.33. The molecule has 1 aromatic carbocycles. The summed E-state index contributed by atoms with van der Waals surface area (Å²) in [6.07, 6.45) is 1.42. The fourth-order valence-corrected chi connectivity index (χ4v) is 2.27. The van der Waals surface area contributed by atoms with Crippen LogP contribution in [0.4, 0.5) is 11.4 Å². The van der Waals surface area contributed by atoms with Gasteiger partial charge in [-0.25, -0.2) is 0 Å². The lowest BCUT2D eigenvalue weighted by Crippen LogP contribution is -2.14. The maximum absolute atomic E-state index is 12.0. The molecule has 1 aromatic heterocycles. The van der Waals surface area contributed by atoms with Crippen LogP contribution in [0.25, 0.3) is 0 Å². The Morgan fingerprint density at radius 2 is 2.28 bits per heavy atom. The number of rotatable bonds is 4. The predicted octanol–water partition coefficient (Wildman–Crippen LogP) is 2.36. The van der Waals surface area contributed by atoms with Gasteiger partial charge in [0, 0.05) is 4.90 Å². The molecule has 1 amide bonds. The number of aromatic nitrogens is 2. The first-order chi connectivity index (χ1) is 8.72. The first-order valence-electron chi connectivity index (χ1n) is 5.54. The minimum atomic E-state index is -0.283. The van der Waals surface area contributed by atoms with Crippen LogP contribution in [0.3, 0.4) is 0 Å². The SMILES string of the molecule is CCSc1ccccc1NC(=O)c1[nH]ncc1N. The quantitative estimate of drug-likeness (QED) is 0.738. The van der Waals surface area contributed by atoms with Crippen molar-refractivity contribution < 1.29 is 4.79 Å². The van der Waals surface area contributed by atoms with Crippen molar-refractivity contribution in [3.63, 3.8) is 0 Å². The summed E-state index contributed by atoms with van der Waals surface area (Å²) in [5.41, 5.74) is 7.04. The summed E-state index contributed by atoms with van der Waals surface area (Å²) in [6, 6.07) is 7.66. The van der Waals surface area contributed by atoms with Gasteiger partial charge < -0.3 is 11.1 Å². The molecule has 1 heterocycles. The van der Waals surface area contributed by atoms with Crippen molar-refractivity contribution >= 4 is 29.0 Å². The zero-order valence-electron chi connectivity index (χ0n) is 9.93. The van der Waals surface area contributed by atoms with E-state index in [1.807, 2.05) is 24.3 Å². The number of carbonyl (C=O) groups excluding carboxylic acids is 1. The van der Waals surface area contributed by atoms with Crippen molar-refractivity contribution in [2.75, 3.05) is 16.8 Å². The first kappa shape index (κ1) is 12.5. The first-order valence-corrected chi connectivity index (χ1v) is 6.53. The lowest BCUT2D eigenvalue weighted by molar-refractivity contribution is 0.102. The van der Waals surface area contributed by atoms with E-state index in [-0.39, 0.29) is 11.6 Å². The van der Waals surface area contributed by atoms with Gasteiger partial charge >= 0.3 is 0 Å². The third-order valence-corrected chi connectivity index (χ3v) is 3.29. The van der Waals surface area contributed by atoms with Gasteiger partial charge in [-0.3, -0.25) is 9.89 Å². The van der Waals surface area contributed by atoms with Gasteiger partial charge in [0.2, 0.25) is 0 Å². The molecule has 0 saturated carbocycles. The Labute approximate surface area is 109 Å². The molecule has 0 unspecified atom stereocenters. The molecule has 5 nitrogen and oxygen atoms in total. The molecule has 0 aliphatic rings. The molecule has 94 valence electrons. The Hall–Kier alpha value is -1.95. The van der Waals surface area contributed by atoms with Gasteiger partial charge in [0.15, 0.2) is 0 Å². The number of aromatic amines is 1. The van der Waals surface area contributed by atoms with Crippen LogP contribution in [0.1, 0.15) is 17.4 Å². The minimum Gasteiger partial charge on any atom is -0.396 e. The third kappa shape index (κ3) is 2.65. The molecule has 0 fully saturated rings. The van der Waals surface area contributed by atoms with Gasteiger partial charge in [0.25, 0.3) is 5.91 Å². The van der Waals surface area contributed by atoms with Crippen molar-refractivity contribution in [2.45, 2.75) is 11.8 Å². The maximum atomic E-state index is 12.0. The van der Waals surface area contributed by atoms with E-state index in [1.54, 1.807) is 11.8 Å². The zero-order valence-corrected chi connectivity index (χ0v) is 10.8. The molecule has 18 heavy (non-hydrogen) atoms. The van der Waals surface area contributed by atoms with Crippen molar-refractivity contribution in [1.82, 2.24) is 10.2 Å². The summed E-state index contributed by atoms with van der Waals surface area (Å²) >= 11 is 1.67. The topological polar surface area (TPSA) is 83.8 Å². The largest absolute Gasteiger partial charge is 0.396 e. The average Bonchev–Trinajstić information content (AvgIpc) is 2.78. The summed E-state index contributed by atoms with van der Waals surface area (Å²) in [5.74, 6) is 0.660. The van der Waals surface area contributed by atoms with Gasteiger partial charge in [-0.2, -0.15) is 5.10 Å². The Morgan fingerprint density at radius 3 is 2.94 bits per heavy atom. The maximum Gasteiger partial charge on any atom is 0.275 e. The molecule has 0 aliphatic carbocycles. The minimum absolute atomic E-state index is 0.283. The van der Waals surface area contributed by atoms with Gasteiger partial charge in [-0.05, 0) is 17.9 Å². The average molecular weight is 262 g/mol. The second-order valence-electron chi connectivity index (χ2n) is 3.58. The number of H-pyrrole nitrogens is 1. The molecule has 0 radical (unpaired) electrons. The summed E-state index contributed by atoms with van der Waals surface area (Å²) in [4.78, 5) is 13.0. The second-order valence-corrected chi connectivity index (χ2v) is 4.89. The van der Waals surface area contributed by atoms with Gasteiger partial charge in [0.1, 0.15) is 5.69 Å². The van der Waals surface area contributed by atoms with Crippen LogP contribution in [0, 0.1) is 0 Å². The van der Waals surface area contributed by atoms with Crippen LogP contribution in [-0.2, 0) is 0 Å².